The molecule has 0 aliphatic carbocycles. The molecule has 0 unspecified atom stereocenters. The van der Waals surface area contributed by atoms with Crippen LogP contribution < -0.4 is 10.1 Å². The Bertz CT molecular complexity index is 829. The molecule has 0 aromatic heterocycles. The number of ketones is 1. The van der Waals surface area contributed by atoms with E-state index in [4.69, 9.17) is 9.47 Å². The van der Waals surface area contributed by atoms with Gasteiger partial charge in [-0.3, -0.25) is 9.59 Å². The average Bonchev–Trinajstić information content (AvgIpc) is 2.62. The van der Waals surface area contributed by atoms with Gasteiger partial charge in [-0.15, -0.1) is 0 Å². The molecule has 0 aliphatic heterocycles. The predicted molar refractivity (Wildman–Crippen MR) is 102 cm³/mol. The minimum atomic E-state index is -0.992. The predicted octanol–water partition coefficient (Wildman–Crippen LogP) is 3.54. The zero-order chi connectivity index (χ0) is 20.0. The summed E-state index contributed by atoms with van der Waals surface area (Å²) in [5.74, 6) is -0.604. The number of hydrogen-bond donors (Lipinski definition) is 1. The van der Waals surface area contributed by atoms with Gasteiger partial charge in [0.15, 0.2) is 18.0 Å². The molecule has 27 heavy (non-hydrogen) atoms. The Morgan fingerprint density at radius 3 is 2.22 bits per heavy atom. The largest absolute Gasteiger partial charge is 0.479 e. The molecule has 0 fully saturated rings. The highest BCUT2D eigenvalue weighted by molar-refractivity contribution is 5.97. The maximum atomic E-state index is 12.2. The summed E-state index contributed by atoms with van der Waals surface area (Å²) in [5, 5.41) is 2.64. The minimum absolute atomic E-state index is 0.0576. The quantitative estimate of drug-likeness (QED) is 0.596. The Hall–Kier alpha value is -3.15. The molecule has 6 heteroatoms. The number of nitrogens with one attached hydrogen (secondary N) is 1. The number of Topliss-reactive ketones (excluding diaryl/α,β-unsaturated/α-hetero) is 1. The summed E-state index contributed by atoms with van der Waals surface area (Å²) < 4.78 is 10.7. The molecule has 0 heterocycles. The van der Waals surface area contributed by atoms with E-state index in [1.54, 1.807) is 37.3 Å². The highest BCUT2D eigenvalue weighted by Gasteiger charge is 2.23. The van der Waals surface area contributed by atoms with E-state index in [0.29, 0.717) is 17.0 Å². The molecule has 0 radical (unpaired) electrons. The molecular formula is C21H23NO5. The summed E-state index contributed by atoms with van der Waals surface area (Å²) in [5.41, 5.74) is 2.07. The lowest BCUT2D eigenvalue weighted by atomic mass is 10.1. The first-order valence-corrected chi connectivity index (χ1v) is 8.62. The van der Waals surface area contributed by atoms with Gasteiger partial charge in [0.1, 0.15) is 5.75 Å². The molecule has 0 saturated heterocycles. The van der Waals surface area contributed by atoms with E-state index in [1.807, 2.05) is 25.1 Å². The lowest BCUT2D eigenvalue weighted by Gasteiger charge is -2.18. The van der Waals surface area contributed by atoms with E-state index < -0.39 is 24.1 Å². The van der Waals surface area contributed by atoms with Crippen molar-refractivity contribution in [2.45, 2.75) is 39.9 Å². The molecule has 0 saturated carbocycles. The van der Waals surface area contributed by atoms with Crippen LogP contribution in [0.2, 0.25) is 0 Å². The molecule has 6 nitrogen and oxygen atoms in total. The zero-order valence-electron chi connectivity index (χ0n) is 15.8. The molecule has 0 spiro atoms. The molecular weight excluding hydrogens is 346 g/mol. The van der Waals surface area contributed by atoms with Crippen LogP contribution >= 0.6 is 0 Å². The molecule has 1 N–H and O–H groups in total. The molecule has 2 rings (SSSR count). The molecule has 2 atom stereocenters. The van der Waals surface area contributed by atoms with E-state index in [0.717, 1.165) is 5.56 Å². The number of anilines is 1. The van der Waals surface area contributed by atoms with Crippen LogP contribution in [0.25, 0.3) is 0 Å². The lowest BCUT2D eigenvalue weighted by Crippen LogP contribution is -2.35. The summed E-state index contributed by atoms with van der Waals surface area (Å²) in [4.78, 5) is 35.6. The van der Waals surface area contributed by atoms with Crippen LogP contribution in [0.15, 0.2) is 48.5 Å². The van der Waals surface area contributed by atoms with E-state index in [1.165, 1.54) is 13.8 Å². The normalized spacial score (nSPS) is 12.6. The minimum Gasteiger partial charge on any atom is -0.479 e. The van der Waals surface area contributed by atoms with Crippen LogP contribution in [0.3, 0.4) is 0 Å². The van der Waals surface area contributed by atoms with E-state index >= 15 is 0 Å². The van der Waals surface area contributed by atoms with Gasteiger partial charge in [0.2, 0.25) is 0 Å². The summed E-state index contributed by atoms with van der Waals surface area (Å²) in [6, 6.07) is 13.8. The fourth-order valence-electron chi connectivity index (χ4n) is 2.30. The summed E-state index contributed by atoms with van der Waals surface area (Å²) in [6.07, 6.45) is -1.84. The number of carbonyl (C=O) groups is 3. The average molecular weight is 369 g/mol. The van der Waals surface area contributed by atoms with Crippen molar-refractivity contribution in [3.63, 3.8) is 0 Å². The third-order valence-electron chi connectivity index (χ3n) is 3.86. The molecule has 2 aromatic rings. The number of aryl methyl sites for hydroxylation is 1. The number of benzene rings is 2. The standard InChI is InChI=1S/C21H23NO5/c1-13-6-5-7-19(12-13)26-16(4)21(25)27-15(3)20(24)22-18-10-8-17(9-11-18)14(2)23/h5-12,15-16H,1-4H3,(H,22,24)/t15-,16-/m0/s1. The Morgan fingerprint density at radius 1 is 0.963 bits per heavy atom. The van der Waals surface area contributed by atoms with Crippen molar-refractivity contribution in [2.75, 3.05) is 5.32 Å². The van der Waals surface area contributed by atoms with Gasteiger partial charge in [0.05, 0.1) is 0 Å². The molecule has 0 aliphatic rings. The van der Waals surface area contributed by atoms with Gasteiger partial charge in [-0.1, -0.05) is 12.1 Å². The highest BCUT2D eigenvalue weighted by atomic mass is 16.6. The Kier molecular flexibility index (Phi) is 6.71. The number of esters is 1. The number of rotatable bonds is 7. The van der Waals surface area contributed by atoms with Gasteiger partial charge in [-0.2, -0.15) is 0 Å². The van der Waals surface area contributed by atoms with Gasteiger partial charge in [0.25, 0.3) is 5.91 Å². The van der Waals surface area contributed by atoms with E-state index in [9.17, 15) is 14.4 Å². The van der Waals surface area contributed by atoms with Gasteiger partial charge >= 0.3 is 5.97 Å². The fourth-order valence-corrected chi connectivity index (χ4v) is 2.30. The SMILES string of the molecule is CC(=O)c1ccc(NC(=O)[C@H](C)OC(=O)[C@H](C)Oc2cccc(C)c2)cc1. The van der Waals surface area contributed by atoms with Crippen LogP contribution in [-0.2, 0) is 14.3 Å². The summed E-state index contributed by atoms with van der Waals surface area (Å²) in [7, 11) is 0. The molecule has 1 amide bonds. The molecule has 2 aromatic carbocycles. The van der Waals surface area contributed by atoms with Crippen molar-refractivity contribution < 1.29 is 23.9 Å². The second kappa shape index (κ2) is 8.98. The number of amides is 1. The van der Waals surface area contributed by atoms with Crippen molar-refractivity contribution in [3.8, 4) is 5.75 Å². The van der Waals surface area contributed by atoms with Crippen molar-refractivity contribution in [3.05, 3.63) is 59.7 Å². The van der Waals surface area contributed by atoms with Crippen LogP contribution in [0.5, 0.6) is 5.75 Å². The van der Waals surface area contributed by atoms with Gasteiger partial charge in [0, 0.05) is 11.3 Å². The Morgan fingerprint density at radius 2 is 1.63 bits per heavy atom. The third kappa shape index (κ3) is 5.95. The fraction of sp³-hybridized carbons (Fsp3) is 0.286. The first kappa shape index (κ1) is 20.2. The van der Waals surface area contributed by atoms with Crippen LogP contribution in [-0.4, -0.2) is 29.9 Å². The van der Waals surface area contributed by atoms with Crippen molar-refractivity contribution in [1.82, 2.24) is 0 Å². The second-order valence-electron chi connectivity index (χ2n) is 6.28. The van der Waals surface area contributed by atoms with Crippen LogP contribution in [0.1, 0.15) is 36.7 Å². The Labute approximate surface area is 158 Å². The molecule has 0 bridgehead atoms. The van der Waals surface area contributed by atoms with E-state index in [-0.39, 0.29) is 5.78 Å². The van der Waals surface area contributed by atoms with Crippen molar-refractivity contribution in [1.29, 1.82) is 0 Å². The van der Waals surface area contributed by atoms with Crippen LogP contribution in [0.4, 0.5) is 5.69 Å². The van der Waals surface area contributed by atoms with E-state index in [2.05, 4.69) is 5.32 Å². The zero-order valence-corrected chi connectivity index (χ0v) is 15.8. The summed E-state index contributed by atoms with van der Waals surface area (Å²) in [6.45, 7) is 6.44. The monoisotopic (exact) mass is 369 g/mol. The topological polar surface area (TPSA) is 81.7 Å². The maximum Gasteiger partial charge on any atom is 0.347 e. The number of ether oxygens (including phenoxy) is 2. The highest BCUT2D eigenvalue weighted by Crippen LogP contribution is 2.15. The van der Waals surface area contributed by atoms with Gasteiger partial charge in [-0.25, -0.2) is 4.79 Å². The van der Waals surface area contributed by atoms with Gasteiger partial charge in [-0.05, 0) is 69.7 Å². The molecule has 142 valence electrons. The van der Waals surface area contributed by atoms with Crippen molar-refractivity contribution in [2.24, 2.45) is 0 Å². The first-order chi connectivity index (χ1) is 12.8. The smallest absolute Gasteiger partial charge is 0.347 e. The lowest BCUT2D eigenvalue weighted by molar-refractivity contribution is -0.159. The third-order valence-corrected chi connectivity index (χ3v) is 3.86. The van der Waals surface area contributed by atoms with Gasteiger partial charge < -0.3 is 14.8 Å². The van der Waals surface area contributed by atoms with Crippen LogP contribution in [0, 0.1) is 6.92 Å². The maximum absolute atomic E-state index is 12.2. The summed E-state index contributed by atoms with van der Waals surface area (Å²) >= 11 is 0. The van der Waals surface area contributed by atoms with Crippen molar-refractivity contribution >= 4 is 23.3 Å². The first-order valence-electron chi connectivity index (χ1n) is 8.62. The second-order valence-corrected chi connectivity index (χ2v) is 6.28. The number of hydrogen-bond acceptors (Lipinski definition) is 5. The Balaban J connectivity index is 1.88. The number of carbonyl (C=O) groups excluding carboxylic acids is 3.